The lowest BCUT2D eigenvalue weighted by molar-refractivity contribution is 0.205. The van der Waals surface area contributed by atoms with E-state index in [1.807, 2.05) is 0 Å². The minimum Gasteiger partial charge on any atom is -0.494 e. The van der Waals surface area contributed by atoms with Crippen molar-refractivity contribution in [2.45, 2.75) is 39.0 Å². The number of aryl methyl sites for hydroxylation is 1. The van der Waals surface area contributed by atoms with Crippen LogP contribution in [-0.4, -0.2) is 31.1 Å². The Bertz CT molecular complexity index is 597. The lowest BCUT2D eigenvalue weighted by atomic mass is 10.0. The summed E-state index contributed by atoms with van der Waals surface area (Å²) in [6, 6.07) is 17.3. The van der Waals surface area contributed by atoms with Crippen LogP contribution in [0.5, 0.6) is 5.75 Å². The summed E-state index contributed by atoms with van der Waals surface area (Å²) in [5, 5.41) is 0. The number of rotatable bonds is 7. The SMILES string of the molecule is CCc1ccc(-c2ccc(OCCCN3CCCCC3)cc2)cc1. The van der Waals surface area contributed by atoms with Crippen LogP contribution in [0.2, 0.25) is 0 Å². The molecule has 0 amide bonds. The molecule has 0 aliphatic carbocycles. The Labute approximate surface area is 146 Å². The largest absolute Gasteiger partial charge is 0.494 e. The molecule has 0 aromatic heterocycles. The summed E-state index contributed by atoms with van der Waals surface area (Å²) in [6.45, 7) is 6.70. The lowest BCUT2D eigenvalue weighted by Crippen LogP contribution is -2.31. The standard InChI is InChI=1S/C22H29NO/c1-2-19-7-9-20(10-8-19)21-11-13-22(14-12-21)24-18-6-17-23-15-4-3-5-16-23/h7-14H,2-6,15-18H2,1H3. The third-order valence-electron chi connectivity index (χ3n) is 4.89. The number of hydrogen-bond donors (Lipinski definition) is 0. The molecule has 0 radical (unpaired) electrons. The Balaban J connectivity index is 1.45. The molecule has 1 heterocycles. The van der Waals surface area contributed by atoms with Crippen LogP contribution >= 0.6 is 0 Å². The molecular weight excluding hydrogens is 294 g/mol. The average Bonchev–Trinajstić information content (AvgIpc) is 2.67. The van der Waals surface area contributed by atoms with Gasteiger partial charge in [0.25, 0.3) is 0 Å². The maximum absolute atomic E-state index is 5.90. The molecule has 0 atom stereocenters. The van der Waals surface area contributed by atoms with E-state index in [-0.39, 0.29) is 0 Å². The van der Waals surface area contributed by atoms with Gasteiger partial charge in [0.15, 0.2) is 0 Å². The van der Waals surface area contributed by atoms with Crippen molar-refractivity contribution in [2.24, 2.45) is 0 Å². The Morgan fingerprint density at radius 3 is 2.08 bits per heavy atom. The third-order valence-corrected chi connectivity index (χ3v) is 4.89. The van der Waals surface area contributed by atoms with Crippen molar-refractivity contribution in [2.75, 3.05) is 26.2 Å². The summed E-state index contributed by atoms with van der Waals surface area (Å²) < 4.78 is 5.90. The molecular formula is C22H29NO. The zero-order chi connectivity index (χ0) is 16.6. The molecule has 0 spiro atoms. The van der Waals surface area contributed by atoms with Crippen molar-refractivity contribution in [3.63, 3.8) is 0 Å². The van der Waals surface area contributed by atoms with Crippen LogP contribution in [0.25, 0.3) is 11.1 Å². The van der Waals surface area contributed by atoms with E-state index in [1.165, 1.54) is 55.6 Å². The summed E-state index contributed by atoms with van der Waals surface area (Å²) >= 11 is 0. The molecule has 1 aliphatic heterocycles. The number of hydrogen-bond acceptors (Lipinski definition) is 2. The predicted octanol–water partition coefficient (Wildman–Crippen LogP) is 5.17. The molecule has 3 rings (SSSR count). The molecule has 1 fully saturated rings. The summed E-state index contributed by atoms with van der Waals surface area (Å²) in [4.78, 5) is 2.57. The summed E-state index contributed by atoms with van der Waals surface area (Å²) in [5.41, 5.74) is 3.90. The molecule has 0 bridgehead atoms. The number of nitrogens with zero attached hydrogens (tertiary/aromatic N) is 1. The maximum Gasteiger partial charge on any atom is 0.119 e. The average molecular weight is 323 g/mol. The van der Waals surface area contributed by atoms with Gasteiger partial charge < -0.3 is 9.64 Å². The molecule has 0 N–H and O–H groups in total. The van der Waals surface area contributed by atoms with E-state index >= 15 is 0 Å². The molecule has 1 saturated heterocycles. The van der Waals surface area contributed by atoms with Crippen molar-refractivity contribution in [1.82, 2.24) is 4.90 Å². The van der Waals surface area contributed by atoms with Gasteiger partial charge in [0.2, 0.25) is 0 Å². The second kappa shape index (κ2) is 8.89. The van der Waals surface area contributed by atoms with E-state index in [0.717, 1.165) is 25.2 Å². The second-order valence-corrected chi connectivity index (χ2v) is 6.68. The molecule has 2 heteroatoms. The van der Waals surface area contributed by atoms with E-state index in [0.29, 0.717) is 0 Å². The fourth-order valence-electron chi connectivity index (χ4n) is 3.34. The van der Waals surface area contributed by atoms with Crippen molar-refractivity contribution >= 4 is 0 Å². The van der Waals surface area contributed by atoms with Gasteiger partial charge in [-0.15, -0.1) is 0 Å². The zero-order valence-corrected chi connectivity index (χ0v) is 14.8. The van der Waals surface area contributed by atoms with Crippen molar-refractivity contribution in [1.29, 1.82) is 0 Å². The zero-order valence-electron chi connectivity index (χ0n) is 14.8. The monoisotopic (exact) mass is 323 g/mol. The number of benzene rings is 2. The van der Waals surface area contributed by atoms with Gasteiger partial charge in [-0.2, -0.15) is 0 Å². The first-order valence-corrected chi connectivity index (χ1v) is 9.39. The first-order chi connectivity index (χ1) is 11.8. The van der Waals surface area contributed by atoms with Crippen LogP contribution in [0.3, 0.4) is 0 Å². The molecule has 1 aliphatic rings. The van der Waals surface area contributed by atoms with Gasteiger partial charge in [-0.3, -0.25) is 0 Å². The van der Waals surface area contributed by atoms with Crippen LogP contribution in [0, 0.1) is 0 Å². The van der Waals surface area contributed by atoms with Gasteiger partial charge in [-0.05, 0) is 67.6 Å². The Morgan fingerprint density at radius 2 is 1.46 bits per heavy atom. The first kappa shape index (κ1) is 17.0. The highest BCUT2D eigenvalue weighted by atomic mass is 16.5. The van der Waals surface area contributed by atoms with E-state index in [1.54, 1.807) is 0 Å². The van der Waals surface area contributed by atoms with Crippen LogP contribution in [0.15, 0.2) is 48.5 Å². The van der Waals surface area contributed by atoms with Gasteiger partial charge >= 0.3 is 0 Å². The highest BCUT2D eigenvalue weighted by molar-refractivity contribution is 5.64. The van der Waals surface area contributed by atoms with E-state index in [9.17, 15) is 0 Å². The van der Waals surface area contributed by atoms with Crippen molar-refractivity contribution < 1.29 is 4.74 Å². The lowest BCUT2D eigenvalue weighted by Gasteiger charge is -2.26. The van der Waals surface area contributed by atoms with Crippen LogP contribution < -0.4 is 4.74 Å². The highest BCUT2D eigenvalue weighted by Gasteiger charge is 2.09. The first-order valence-electron chi connectivity index (χ1n) is 9.39. The predicted molar refractivity (Wildman–Crippen MR) is 102 cm³/mol. The molecule has 2 aromatic rings. The van der Waals surface area contributed by atoms with Crippen LogP contribution in [-0.2, 0) is 6.42 Å². The molecule has 24 heavy (non-hydrogen) atoms. The van der Waals surface area contributed by atoms with E-state index in [2.05, 4.69) is 60.4 Å². The smallest absolute Gasteiger partial charge is 0.119 e. The summed E-state index contributed by atoms with van der Waals surface area (Å²) in [6.07, 6.45) is 6.33. The second-order valence-electron chi connectivity index (χ2n) is 6.68. The molecule has 2 aromatic carbocycles. The Hall–Kier alpha value is -1.80. The van der Waals surface area contributed by atoms with Gasteiger partial charge in [-0.1, -0.05) is 49.7 Å². The molecule has 0 saturated carbocycles. The Morgan fingerprint density at radius 1 is 0.833 bits per heavy atom. The Kier molecular flexibility index (Phi) is 6.31. The molecule has 2 nitrogen and oxygen atoms in total. The van der Waals surface area contributed by atoms with Crippen molar-refractivity contribution in [3.8, 4) is 16.9 Å². The van der Waals surface area contributed by atoms with Crippen molar-refractivity contribution in [3.05, 3.63) is 54.1 Å². The quantitative estimate of drug-likeness (QED) is 0.652. The van der Waals surface area contributed by atoms with Crippen LogP contribution in [0.1, 0.15) is 38.2 Å². The van der Waals surface area contributed by atoms with Gasteiger partial charge in [-0.25, -0.2) is 0 Å². The highest BCUT2D eigenvalue weighted by Crippen LogP contribution is 2.23. The fourth-order valence-corrected chi connectivity index (χ4v) is 3.34. The summed E-state index contributed by atoms with van der Waals surface area (Å²) in [5.74, 6) is 0.975. The van der Waals surface area contributed by atoms with E-state index in [4.69, 9.17) is 4.74 Å². The van der Waals surface area contributed by atoms with Crippen LogP contribution in [0.4, 0.5) is 0 Å². The van der Waals surface area contributed by atoms with Gasteiger partial charge in [0, 0.05) is 6.54 Å². The third kappa shape index (κ3) is 4.85. The minimum atomic E-state index is 0.807. The van der Waals surface area contributed by atoms with Gasteiger partial charge in [0.1, 0.15) is 5.75 Å². The normalized spacial score (nSPS) is 15.4. The maximum atomic E-state index is 5.90. The fraction of sp³-hybridized carbons (Fsp3) is 0.455. The number of likely N-dealkylation sites (tertiary alicyclic amines) is 1. The molecule has 128 valence electrons. The number of ether oxygens (including phenoxy) is 1. The topological polar surface area (TPSA) is 12.5 Å². The summed E-state index contributed by atoms with van der Waals surface area (Å²) in [7, 11) is 0. The van der Waals surface area contributed by atoms with E-state index < -0.39 is 0 Å². The minimum absolute atomic E-state index is 0.807. The molecule has 0 unspecified atom stereocenters. The number of piperidine rings is 1. The van der Waals surface area contributed by atoms with Gasteiger partial charge in [0.05, 0.1) is 6.61 Å².